The topological polar surface area (TPSA) is 98.1 Å². The molecule has 0 fully saturated rings. The average molecular weight is 478 g/mol. The first-order chi connectivity index (χ1) is 16.5. The summed E-state index contributed by atoms with van der Waals surface area (Å²) in [5.74, 6) is 0.719. The fourth-order valence-electron chi connectivity index (χ4n) is 3.79. The van der Waals surface area contributed by atoms with Crippen molar-refractivity contribution in [3.8, 4) is 5.69 Å². The van der Waals surface area contributed by atoms with Crippen molar-refractivity contribution < 1.29 is 14.3 Å². The zero-order valence-electron chi connectivity index (χ0n) is 19.4. The summed E-state index contributed by atoms with van der Waals surface area (Å²) in [5, 5.41) is 15.0. The summed E-state index contributed by atoms with van der Waals surface area (Å²) in [7, 11) is 0. The third-order valence-electron chi connectivity index (χ3n) is 5.42. The normalized spacial score (nSPS) is 13.4. The number of ether oxygens (including phenoxy) is 1. The molecule has 0 saturated heterocycles. The Hall–Kier alpha value is -3.59. The zero-order chi connectivity index (χ0) is 24.1. The Labute approximate surface area is 202 Å². The summed E-state index contributed by atoms with van der Waals surface area (Å²) < 4.78 is 7.21. The molecule has 0 radical (unpaired) electrons. The van der Waals surface area contributed by atoms with Gasteiger partial charge in [0.15, 0.2) is 5.16 Å². The average Bonchev–Trinajstić information content (AvgIpc) is 3.20. The highest BCUT2D eigenvalue weighted by Crippen LogP contribution is 2.28. The number of hydrogen-bond acceptors (Lipinski definition) is 6. The van der Waals surface area contributed by atoms with Crippen molar-refractivity contribution in [3.63, 3.8) is 0 Å². The smallest absolute Gasteiger partial charge is 0.337 e. The fourth-order valence-corrected chi connectivity index (χ4v) is 4.74. The molecule has 1 aliphatic heterocycles. The van der Waals surface area contributed by atoms with Gasteiger partial charge in [-0.2, -0.15) is 0 Å². The van der Waals surface area contributed by atoms with Crippen LogP contribution in [0.15, 0.2) is 65.0 Å². The molecule has 0 saturated carbocycles. The highest BCUT2D eigenvalue weighted by atomic mass is 32.2. The van der Waals surface area contributed by atoms with Crippen LogP contribution in [0.3, 0.4) is 0 Å². The Bertz CT molecular complexity index is 1240. The molecule has 0 unspecified atom stereocenters. The monoisotopic (exact) mass is 477 g/mol. The van der Waals surface area contributed by atoms with E-state index < -0.39 is 5.97 Å². The van der Waals surface area contributed by atoms with Crippen LogP contribution >= 0.6 is 11.8 Å². The van der Waals surface area contributed by atoms with Gasteiger partial charge >= 0.3 is 12.0 Å². The number of nitrogens with zero attached hydrogens (tertiary/aromatic N) is 3. The minimum Gasteiger partial charge on any atom is -0.463 e. The fraction of sp³-hybridized carbons (Fsp3) is 0.280. The number of hydrogen-bond donors (Lipinski definition) is 2. The summed E-state index contributed by atoms with van der Waals surface area (Å²) in [6, 6.07) is 16.1. The van der Waals surface area contributed by atoms with Crippen molar-refractivity contribution in [2.45, 2.75) is 32.3 Å². The standard InChI is InChI=1S/C25H27N5O3S/c1-4-33-23(31)19-14-26-24(32)27-20(19)15-34-25-29-28-22(13-18-8-6-5-7-9-18)30(25)21-11-10-16(2)12-17(21)3/h5-12H,4,13-15H2,1-3H3,(H2,26,27,32). The number of thioether (sulfide) groups is 1. The van der Waals surface area contributed by atoms with Gasteiger partial charge in [-0.3, -0.25) is 4.57 Å². The Morgan fingerprint density at radius 2 is 1.94 bits per heavy atom. The Balaban J connectivity index is 1.68. The molecular formula is C25H27N5O3S. The first-order valence-electron chi connectivity index (χ1n) is 11.1. The minimum absolute atomic E-state index is 0.129. The number of esters is 1. The molecule has 176 valence electrons. The number of benzene rings is 2. The second-order valence-electron chi connectivity index (χ2n) is 7.96. The molecule has 9 heteroatoms. The van der Waals surface area contributed by atoms with E-state index in [4.69, 9.17) is 4.74 Å². The highest BCUT2D eigenvalue weighted by molar-refractivity contribution is 7.99. The largest absolute Gasteiger partial charge is 0.463 e. The molecule has 0 aliphatic carbocycles. The van der Waals surface area contributed by atoms with Crippen LogP contribution in [0.25, 0.3) is 5.69 Å². The maximum Gasteiger partial charge on any atom is 0.337 e. The molecule has 1 aliphatic rings. The lowest BCUT2D eigenvalue weighted by atomic mass is 10.1. The minimum atomic E-state index is -0.439. The van der Waals surface area contributed by atoms with E-state index in [2.05, 4.69) is 69.6 Å². The number of nitrogens with one attached hydrogen (secondary N) is 2. The van der Waals surface area contributed by atoms with Crippen molar-refractivity contribution in [3.05, 3.63) is 82.3 Å². The van der Waals surface area contributed by atoms with Gasteiger partial charge in [0.05, 0.1) is 24.4 Å². The molecule has 0 spiro atoms. The lowest BCUT2D eigenvalue weighted by Gasteiger charge is -2.21. The van der Waals surface area contributed by atoms with E-state index in [0.717, 1.165) is 22.6 Å². The van der Waals surface area contributed by atoms with Crippen molar-refractivity contribution in [1.82, 2.24) is 25.4 Å². The maximum absolute atomic E-state index is 12.4. The molecular weight excluding hydrogens is 450 g/mol. The third kappa shape index (κ3) is 5.31. The molecule has 2 N–H and O–H groups in total. The predicted molar refractivity (Wildman–Crippen MR) is 131 cm³/mol. The summed E-state index contributed by atoms with van der Waals surface area (Å²) in [4.78, 5) is 24.3. The third-order valence-corrected chi connectivity index (χ3v) is 6.38. The Morgan fingerprint density at radius 3 is 2.68 bits per heavy atom. The lowest BCUT2D eigenvalue weighted by molar-refractivity contribution is -0.138. The Morgan fingerprint density at radius 1 is 1.15 bits per heavy atom. The molecule has 0 bridgehead atoms. The first-order valence-corrected chi connectivity index (χ1v) is 12.1. The quantitative estimate of drug-likeness (QED) is 0.379. The number of carbonyl (C=O) groups excluding carboxylic acids is 2. The summed E-state index contributed by atoms with van der Waals surface area (Å²) in [6.07, 6.45) is 0.624. The van der Waals surface area contributed by atoms with Gasteiger partial charge in [0, 0.05) is 17.9 Å². The van der Waals surface area contributed by atoms with E-state index in [9.17, 15) is 9.59 Å². The zero-order valence-corrected chi connectivity index (χ0v) is 20.2. The van der Waals surface area contributed by atoms with Crippen LogP contribution in [0.1, 0.15) is 29.4 Å². The molecule has 4 rings (SSSR count). The second-order valence-corrected chi connectivity index (χ2v) is 8.90. The van der Waals surface area contributed by atoms with Gasteiger partial charge in [-0.15, -0.1) is 10.2 Å². The SMILES string of the molecule is CCOC(=O)C1=C(CSc2nnc(Cc3ccccc3)n2-c2ccc(C)cc2C)NC(=O)NC1. The van der Waals surface area contributed by atoms with E-state index in [1.807, 2.05) is 18.2 Å². The van der Waals surface area contributed by atoms with Crippen molar-refractivity contribution in [1.29, 1.82) is 0 Å². The summed E-state index contributed by atoms with van der Waals surface area (Å²) in [6.45, 7) is 6.27. The lowest BCUT2D eigenvalue weighted by Crippen LogP contribution is -2.44. The van der Waals surface area contributed by atoms with Gasteiger partial charge < -0.3 is 15.4 Å². The second kappa shape index (κ2) is 10.6. The molecule has 34 heavy (non-hydrogen) atoms. The predicted octanol–water partition coefficient (Wildman–Crippen LogP) is 3.70. The van der Waals surface area contributed by atoms with Crippen LogP contribution in [0.2, 0.25) is 0 Å². The van der Waals surface area contributed by atoms with E-state index in [-0.39, 0.29) is 19.2 Å². The van der Waals surface area contributed by atoms with E-state index in [1.165, 1.54) is 17.3 Å². The van der Waals surface area contributed by atoms with Crippen LogP contribution in [-0.2, 0) is 16.0 Å². The first kappa shape index (κ1) is 23.6. The molecule has 1 aromatic heterocycles. The molecule has 0 atom stereocenters. The van der Waals surface area contributed by atoms with Crippen molar-refractivity contribution in [2.24, 2.45) is 0 Å². The Kier molecular flexibility index (Phi) is 7.32. The van der Waals surface area contributed by atoms with Crippen LogP contribution in [0.4, 0.5) is 4.79 Å². The van der Waals surface area contributed by atoms with Gasteiger partial charge in [-0.25, -0.2) is 9.59 Å². The van der Waals surface area contributed by atoms with Crippen molar-refractivity contribution >= 4 is 23.8 Å². The van der Waals surface area contributed by atoms with Crippen molar-refractivity contribution in [2.75, 3.05) is 18.9 Å². The van der Waals surface area contributed by atoms with E-state index in [0.29, 0.717) is 28.6 Å². The number of aromatic nitrogens is 3. The summed E-state index contributed by atoms with van der Waals surface area (Å²) in [5.41, 5.74) is 5.35. The molecule has 2 heterocycles. The van der Waals surface area contributed by atoms with E-state index in [1.54, 1.807) is 6.92 Å². The number of carbonyl (C=O) groups is 2. The van der Waals surface area contributed by atoms with E-state index >= 15 is 0 Å². The van der Waals surface area contributed by atoms with Gasteiger partial charge in [-0.05, 0) is 38.0 Å². The highest BCUT2D eigenvalue weighted by Gasteiger charge is 2.25. The van der Waals surface area contributed by atoms with Gasteiger partial charge in [0.25, 0.3) is 0 Å². The molecule has 2 aromatic carbocycles. The summed E-state index contributed by atoms with van der Waals surface area (Å²) >= 11 is 1.42. The number of amides is 2. The van der Waals surface area contributed by atoms with Crippen LogP contribution in [-0.4, -0.2) is 45.7 Å². The number of rotatable bonds is 8. The number of aryl methyl sites for hydroxylation is 2. The molecule has 2 amide bonds. The maximum atomic E-state index is 12.4. The van der Waals surface area contributed by atoms with Crippen LogP contribution in [0, 0.1) is 13.8 Å². The molecule has 8 nitrogen and oxygen atoms in total. The number of urea groups is 1. The molecule has 3 aromatic rings. The van der Waals surface area contributed by atoms with Gasteiger partial charge in [-0.1, -0.05) is 59.8 Å². The van der Waals surface area contributed by atoms with Crippen LogP contribution < -0.4 is 10.6 Å². The van der Waals surface area contributed by atoms with Crippen LogP contribution in [0.5, 0.6) is 0 Å². The van der Waals surface area contributed by atoms with Gasteiger partial charge in [0.2, 0.25) is 0 Å². The van der Waals surface area contributed by atoms with Gasteiger partial charge in [0.1, 0.15) is 5.82 Å².